The second kappa shape index (κ2) is 7.18. The van der Waals surface area contributed by atoms with Crippen LogP contribution in [0.3, 0.4) is 0 Å². The molecule has 7 heteroatoms. The fraction of sp³-hybridized carbons (Fsp3) is 0.714. The van der Waals surface area contributed by atoms with E-state index >= 15 is 0 Å². The molecular weight excluding hydrogens is 272 g/mol. The van der Waals surface area contributed by atoms with Gasteiger partial charge in [-0.25, -0.2) is 14.6 Å². The first-order valence-electron chi connectivity index (χ1n) is 6.97. The molecule has 0 aromatic rings. The van der Waals surface area contributed by atoms with Crippen LogP contribution >= 0.6 is 0 Å². The third-order valence-corrected chi connectivity index (χ3v) is 2.81. The van der Waals surface area contributed by atoms with Crippen molar-refractivity contribution in [3.8, 4) is 12.3 Å². The first-order valence-corrected chi connectivity index (χ1v) is 6.97. The molecule has 1 atom stereocenters. The Balaban J connectivity index is 2.34. The monoisotopic (exact) mass is 296 g/mol. The van der Waals surface area contributed by atoms with Crippen LogP contribution in [-0.2, 0) is 4.74 Å². The molecule has 1 aliphatic heterocycles. The van der Waals surface area contributed by atoms with Crippen LogP contribution in [0.5, 0.6) is 0 Å². The van der Waals surface area contributed by atoms with Crippen molar-refractivity contribution < 1.29 is 14.3 Å². The number of terminal acetylenes is 1. The maximum Gasteiger partial charge on any atom is 0.422 e. The Labute approximate surface area is 126 Å². The Bertz CT molecular complexity index is 417. The summed E-state index contributed by atoms with van der Waals surface area (Å²) < 4.78 is 5.18. The number of carbonyl (C=O) groups excluding carboxylic acids is 2. The zero-order valence-corrected chi connectivity index (χ0v) is 13.1. The molecule has 0 saturated carbocycles. The Hall–Kier alpha value is -1.94. The highest BCUT2D eigenvalue weighted by atomic mass is 16.6. The van der Waals surface area contributed by atoms with Gasteiger partial charge in [-0.15, -0.1) is 6.42 Å². The highest BCUT2D eigenvalue weighted by Crippen LogP contribution is 2.07. The molecule has 0 aliphatic carbocycles. The van der Waals surface area contributed by atoms with Gasteiger partial charge in [0.1, 0.15) is 5.60 Å². The van der Waals surface area contributed by atoms with Crippen molar-refractivity contribution in [2.24, 2.45) is 0 Å². The summed E-state index contributed by atoms with van der Waals surface area (Å²) in [5.41, 5.74) is 2.14. The number of nitrogens with one attached hydrogen (secondary N) is 2. The van der Waals surface area contributed by atoms with Gasteiger partial charge in [0.15, 0.2) is 0 Å². The normalized spacial score (nSPS) is 17.6. The molecule has 118 valence electrons. The Kier molecular flexibility index (Phi) is 5.85. The zero-order valence-electron chi connectivity index (χ0n) is 13.1. The lowest BCUT2D eigenvalue weighted by molar-refractivity contribution is 0.0253. The summed E-state index contributed by atoms with van der Waals surface area (Å²) in [4.78, 5) is 25.2. The minimum absolute atomic E-state index is 0.183. The molecule has 0 spiro atoms. The molecule has 1 fully saturated rings. The number of amides is 3. The van der Waals surface area contributed by atoms with Crippen LogP contribution in [-0.4, -0.2) is 59.9 Å². The molecule has 7 nitrogen and oxygen atoms in total. The second-order valence-corrected chi connectivity index (χ2v) is 5.93. The third kappa shape index (κ3) is 6.36. The number of piperazine rings is 1. The second-order valence-electron chi connectivity index (χ2n) is 5.93. The molecule has 0 aromatic heterocycles. The van der Waals surface area contributed by atoms with E-state index in [0.29, 0.717) is 26.2 Å². The standard InChI is InChI=1S/C14H24N4O3/c1-6-11(2)15-12(19)17-7-9-18(10-8-17)16-13(20)21-14(3,4)5/h1,11H,7-10H2,2-5H3,(H,15,19)(H,16,20). The lowest BCUT2D eigenvalue weighted by atomic mass is 10.2. The van der Waals surface area contributed by atoms with Crippen molar-refractivity contribution >= 4 is 12.1 Å². The molecule has 3 amide bonds. The molecule has 21 heavy (non-hydrogen) atoms. The van der Waals surface area contributed by atoms with Crippen LogP contribution in [0, 0.1) is 12.3 Å². The molecule has 1 aliphatic rings. The van der Waals surface area contributed by atoms with E-state index in [1.165, 1.54) is 0 Å². The third-order valence-electron chi connectivity index (χ3n) is 2.81. The van der Waals surface area contributed by atoms with Gasteiger partial charge in [-0.2, -0.15) is 0 Å². The van der Waals surface area contributed by atoms with E-state index in [0.717, 1.165) is 0 Å². The average Bonchev–Trinajstić information content (AvgIpc) is 2.36. The van der Waals surface area contributed by atoms with Crippen LogP contribution in [0.15, 0.2) is 0 Å². The number of hydrogen-bond donors (Lipinski definition) is 2. The van der Waals surface area contributed by atoms with Crippen LogP contribution in [0.2, 0.25) is 0 Å². The van der Waals surface area contributed by atoms with E-state index in [1.807, 2.05) is 20.8 Å². The van der Waals surface area contributed by atoms with Gasteiger partial charge in [-0.05, 0) is 27.7 Å². The smallest absolute Gasteiger partial charge is 0.422 e. The SMILES string of the molecule is C#CC(C)NC(=O)N1CCN(NC(=O)OC(C)(C)C)CC1. The van der Waals surface area contributed by atoms with Gasteiger partial charge in [0.05, 0.1) is 6.04 Å². The van der Waals surface area contributed by atoms with Crippen molar-refractivity contribution in [2.75, 3.05) is 26.2 Å². The van der Waals surface area contributed by atoms with Crippen molar-refractivity contribution in [3.05, 3.63) is 0 Å². The summed E-state index contributed by atoms with van der Waals surface area (Å²) in [5.74, 6) is 2.45. The minimum Gasteiger partial charge on any atom is -0.443 e. The molecule has 1 unspecified atom stereocenters. The predicted octanol–water partition coefficient (Wildman–Crippen LogP) is 0.775. The number of rotatable bonds is 2. The fourth-order valence-corrected chi connectivity index (χ4v) is 1.77. The summed E-state index contributed by atoms with van der Waals surface area (Å²) >= 11 is 0. The van der Waals surface area contributed by atoms with Gasteiger partial charge in [0.2, 0.25) is 0 Å². The van der Waals surface area contributed by atoms with E-state index in [-0.39, 0.29) is 12.1 Å². The zero-order chi connectivity index (χ0) is 16.0. The fourth-order valence-electron chi connectivity index (χ4n) is 1.77. The van der Waals surface area contributed by atoms with Gasteiger partial charge in [0, 0.05) is 26.2 Å². The Morgan fingerprint density at radius 2 is 1.81 bits per heavy atom. The topological polar surface area (TPSA) is 73.9 Å². The summed E-state index contributed by atoms with van der Waals surface area (Å²) in [6.45, 7) is 9.27. The van der Waals surface area contributed by atoms with Crippen LogP contribution < -0.4 is 10.7 Å². The molecule has 0 aromatic carbocycles. The van der Waals surface area contributed by atoms with Gasteiger partial charge >= 0.3 is 12.1 Å². The predicted molar refractivity (Wildman–Crippen MR) is 79.3 cm³/mol. The van der Waals surface area contributed by atoms with Crippen LogP contribution in [0.4, 0.5) is 9.59 Å². The van der Waals surface area contributed by atoms with Gasteiger partial charge < -0.3 is 15.0 Å². The molecule has 1 rings (SSSR count). The van der Waals surface area contributed by atoms with Crippen molar-refractivity contribution in [3.63, 3.8) is 0 Å². The van der Waals surface area contributed by atoms with Crippen molar-refractivity contribution in [2.45, 2.75) is 39.3 Å². The maximum atomic E-state index is 11.9. The number of hydrogen-bond acceptors (Lipinski definition) is 4. The summed E-state index contributed by atoms with van der Waals surface area (Å²) in [6, 6.07) is -0.479. The summed E-state index contributed by atoms with van der Waals surface area (Å²) in [6.07, 6.45) is 4.74. The van der Waals surface area contributed by atoms with E-state index in [4.69, 9.17) is 11.2 Å². The minimum atomic E-state index is -0.531. The molecule has 1 heterocycles. The average molecular weight is 296 g/mol. The van der Waals surface area contributed by atoms with Crippen molar-refractivity contribution in [1.29, 1.82) is 0 Å². The van der Waals surface area contributed by atoms with Crippen LogP contribution in [0.25, 0.3) is 0 Å². The molecule has 2 N–H and O–H groups in total. The number of nitrogens with zero attached hydrogens (tertiary/aromatic N) is 2. The summed E-state index contributed by atoms with van der Waals surface area (Å²) in [5, 5.41) is 4.44. The number of urea groups is 1. The lowest BCUT2D eigenvalue weighted by Crippen LogP contribution is -2.57. The van der Waals surface area contributed by atoms with E-state index in [1.54, 1.807) is 16.8 Å². The quantitative estimate of drug-likeness (QED) is 0.738. The number of ether oxygens (including phenoxy) is 1. The highest BCUT2D eigenvalue weighted by Gasteiger charge is 2.24. The molecule has 0 radical (unpaired) electrons. The van der Waals surface area contributed by atoms with Gasteiger partial charge in [-0.1, -0.05) is 5.92 Å². The van der Waals surface area contributed by atoms with E-state index in [2.05, 4.69) is 16.7 Å². The van der Waals surface area contributed by atoms with Gasteiger partial charge in [-0.3, -0.25) is 5.43 Å². The van der Waals surface area contributed by atoms with E-state index < -0.39 is 11.7 Å². The highest BCUT2D eigenvalue weighted by molar-refractivity contribution is 5.75. The van der Waals surface area contributed by atoms with E-state index in [9.17, 15) is 9.59 Å². The van der Waals surface area contributed by atoms with Crippen molar-refractivity contribution in [1.82, 2.24) is 20.7 Å². The first kappa shape index (κ1) is 17.1. The van der Waals surface area contributed by atoms with Crippen LogP contribution in [0.1, 0.15) is 27.7 Å². The molecule has 1 saturated heterocycles. The first-order chi connectivity index (χ1) is 9.71. The molecule has 0 bridgehead atoms. The maximum absolute atomic E-state index is 11.9. The Morgan fingerprint density at radius 3 is 2.29 bits per heavy atom. The number of carbonyl (C=O) groups is 2. The molecular formula is C14H24N4O3. The summed E-state index contributed by atoms with van der Waals surface area (Å²) in [7, 11) is 0. The lowest BCUT2D eigenvalue weighted by Gasteiger charge is -2.35. The largest absolute Gasteiger partial charge is 0.443 e. The Morgan fingerprint density at radius 1 is 1.24 bits per heavy atom. The number of hydrazine groups is 1. The van der Waals surface area contributed by atoms with Gasteiger partial charge in [0.25, 0.3) is 0 Å².